The molecule has 0 saturated heterocycles. The molecule has 0 aromatic carbocycles. The molecule has 1 fully saturated rings. The van der Waals surface area contributed by atoms with Gasteiger partial charge in [-0.05, 0) is 32.6 Å². The van der Waals surface area contributed by atoms with Gasteiger partial charge in [0.15, 0.2) is 0 Å². The van der Waals surface area contributed by atoms with Crippen molar-refractivity contribution in [3.63, 3.8) is 0 Å². The highest BCUT2D eigenvalue weighted by molar-refractivity contribution is 5.99. The minimum atomic E-state index is -0.757. The summed E-state index contributed by atoms with van der Waals surface area (Å²) in [4.78, 5) is 36.0. The fourth-order valence-corrected chi connectivity index (χ4v) is 3.37. The van der Waals surface area contributed by atoms with Crippen LogP contribution in [0.25, 0.3) is 0 Å². The smallest absolute Gasteiger partial charge is 0.316 e. The van der Waals surface area contributed by atoms with Crippen molar-refractivity contribution in [2.75, 3.05) is 6.61 Å². The van der Waals surface area contributed by atoms with Gasteiger partial charge in [0.25, 0.3) is 0 Å². The second-order valence-corrected chi connectivity index (χ2v) is 5.97. The molecule has 0 bridgehead atoms. The zero-order valence-corrected chi connectivity index (χ0v) is 13.5. The lowest BCUT2D eigenvalue weighted by atomic mass is 9.79. The average molecular weight is 296 g/mol. The lowest BCUT2D eigenvalue weighted by Crippen LogP contribution is -2.34. The van der Waals surface area contributed by atoms with Crippen LogP contribution in [0.5, 0.6) is 0 Å². The van der Waals surface area contributed by atoms with Crippen LogP contribution in [0.4, 0.5) is 0 Å². The van der Waals surface area contributed by atoms with Crippen molar-refractivity contribution >= 4 is 17.5 Å². The summed E-state index contributed by atoms with van der Waals surface area (Å²) in [5.41, 5.74) is 0. The molecule has 4 heteroatoms. The van der Waals surface area contributed by atoms with Crippen molar-refractivity contribution in [3.05, 3.63) is 0 Å². The quantitative estimate of drug-likeness (QED) is 0.372. The van der Waals surface area contributed by atoms with Crippen LogP contribution in [-0.2, 0) is 19.1 Å². The van der Waals surface area contributed by atoms with E-state index in [1.54, 1.807) is 6.92 Å². The Hall–Kier alpha value is -1.19. The first-order chi connectivity index (χ1) is 10.0. The molecule has 0 amide bonds. The van der Waals surface area contributed by atoms with Gasteiger partial charge in [0.2, 0.25) is 0 Å². The molecule has 0 radical (unpaired) electrons. The van der Waals surface area contributed by atoms with Crippen LogP contribution >= 0.6 is 0 Å². The van der Waals surface area contributed by atoms with Gasteiger partial charge in [-0.15, -0.1) is 0 Å². The summed E-state index contributed by atoms with van der Waals surface area (Å²) >= 11 is 0. The van der Waals surface area contributed by atoms with Crippen molar-refractivity contribution in [2.24, 2.45) is 17.8 Å². The Balaban J connectivity index is 2.73. The van der Waals surface area contributed by atoms with Crippen molar-refractivity contribution in [3.8, 4) is 0 Å². The molecule has 1 aliphatic carbocycles. The van der Waals surface area contributed by atoms with E-state index in [0.29, 0.717) is 12.8 Å². The highest BCUT2D eigenvalue weighted by atomic mass is 16.5. The maximum atomic E-state index is 12.1. The predicted octanol–water partition coefficient (Wildman–Crippen LogP) is 3.32. The van der Waals surface area contributed by atoms with Gasteiger partial charge in [-0.1, -0.05) is 32.6 Å². The number of carbonyl (C=O) groups is 3. The van der Waals surface area contributed by atoms with E-state index >= 15 is 0 Å². The van der Waals surface area contributed by atoms with Crippen LogP contribution in [0.15, 0.2) is 0 Å². The Labute approximate surface area is 127 Å². The van der Waals surface area contributed by atoms with E-state index in [1.807, 2.05) is 0 Å². The number of Topliss-reactive ketones (excluding diaryl/α,β-unsaturated/α-hetero) is 2. The SMILES string of the molecule is CCCCCCC1C(=O)CCC1C(C(C)=O)C(=O)OCC. The van der Waals surface area contributed by atoms with Crippen LogP contribution in [-0.4, -0.2) is 24.1 Å². The summed E-state index contributed by atoms with van der Waals surface area (Å²) in [6.07, 6.45) is 6.35. The lowest BCUT2D eigenvalue weighted by Gasteiger charge is -2.24. The Morgan fingerprint density at radius 3 is 2.52 bits per heavy atom. The molecule has 0 spiro atoms. The summed E-state index contributed by atoms with van der Waals surface area (Å²) in [5.74, 6) is -1.47. The molecule has 1 aliphatic rings. The number of ketones is 2. The molecule has 3 atom stereocenters. The molecule has 1 saturated carbocycles. The van der Waals surface area contributed by atoms with Gasteiger partial charge >= 0.3 is 5.97 Å². The molecule has 0 aliphatic heterocycles. The molecular formula is C17H28O4. The number of hydrogen-bond acceptors (Lipinski definition) is 4. The second-order valence-electron chi connectivity index (χ2n) is 5.97. The van der Waals surface area contributed by atoms with Gasteiger partial charge < -0.3 is 4.74 Å². The van der Waals surface area contributed by atoms with Crippen LogP contribution in [0, 0.1) is 17.8 Å². The minimum absolute atomic E-state index is 0.139. The van der Waals surface area contributed by atoms with Gasteiger partial charge in [0, 0.05) is 12.3 Å². The van der Waals surface area contributed by atoms with Crippen LogP contribution in [0.2, 0.25) is 0 Å². The third-order valence-corrected chi connectivity index (χ3v) is 4.43. The molecule has 21 heavy (non-hydrogen) atoms. The Morgan fingerprint density at radius 1 is 1.24 bits per heavy atom. The van der Waals surface area contributed by atoms with Crippen LogP contribution < -0.4 is 0 Å². The van der Waals surface area contributed by atoms with E-state index in [0.717, 1.165) is 25.7 Å². The summed E-state index contributed by atoms with van der Waals surface area (Å²) in [5, 5.41) is 0. The molecule has 0 aromatic rings. The van der Waals surface area contributed by atoms with Gasteiger partial charge in [-0.3, -0.25) is 14.4 Å². The van der Waals surface area contributed by atoms with Gasteiger partial charge in [-0.2, -0.15) is 0 Å². The molecular weight excluding hydrogens is 268 g/mol. The van der Waals surface area contributed by atoms with E-state index in [9.17, 15) is 14.4 Å². The second kappa shape index (κ2) is 8.96. The Kier molecular flexibility index (Phi) is 7.62. The number of rotatable bonds is 9. The standard InChI is InChI=1S/C17H28O4/c1-4-6-7-8-9-13-14(10-11-15(13)19)16(12(3)18)17(20)21-5-2/h13-14,16H,4-11H2,1-3H3. The third kappa shape index (κ3) is 4.94. The zero-order valence-electron chi connectivity index (χ0n) is 13.5. The number of unbranched alkanes of at least 4 members (excludes halogenated alkanes) is 3. The fraction of sp³-hybridized carbons (Fsp3) is 0.824. The summed E-state index contributed by atoms with van der Waals surface area (Å²) in [6.45, 7) is 5.58. The molecule has 0 aromatic heterocycles. The van der Waals surface area contributed by atoms with E-state index in [4.69, 9.17) is 4.74 Å². The van der Waals surface area contributed by atoms with E-state index in [2.05, 4.69) is 6.92 Å². The zero-order chi connectivity index (χ0) is 15.8. The van der Waals surface area contributed by atoms with Gasteiger partial charge in [0.1, 0.15) is 17.5 Å². The van der Waals surface area contributed by atoms with Crippen molar-refractivity contribution in [1.82, 2.24) is 0 Å². The highest BCUT2D eigenvalue weighted by Crippen LogP contribution is 2.38. The summed E-state index contributed by atoms with van der Waals surface area (Å²) in [7, 11) is 0. The highest BCUT2D eigenvalue weighted by Gasteiger charge is 2.44. The Bertz CT molecular complexity index is 375. The average Bonchev–Trinajstić information content (AvgIpc) is 2.77. The molecule has 4 nitrogen and oxygen atoms in total. The maximum absolute atomic E-state index is 12.1. The van der Waals surface area contributed by atoms with Gasteiger partial charge in [0.05, 0.1) is 6.61 Å². The monoisotopic (exact) mass is 296 g/mol. The first kappa shape index (κ1) is 17.9. The van der Waals surface area contributed by atoms with Crippen molar-refractivity contribution in [2.45, 2.75) is 65.7 Å². The topological polar surface area (TPSA) is 60.4 Å². The van der Waals surface area contributed by atoms with Crippen LogP contribution in [0.1, 0.15) is 65.7 Å². The normalized spacial score (nSPS) is 23.1. The lowest BCUT2D eigenvalue weighted by molar-refractivity contribution is -0.154. The number of hydrogen-bond donors (Lipinski definition) is 0. The first-order valence-corrected chi connectivity index (χ1v) is 8.22. The number of carbonyl (C=O) groups excluding carboxylic acids is 3. The van der Waals surface area contributed by atoms with Crippen molar-refractivity contribution < 1.29 is 19.1 Å². The Morgan fingerprint density at radius 2 is 1.95 bits per heavy atom. The molecule has 0 heterocycles. The third-order valence-electron chi connectivity index (χ3n) is 4.43. The molecule has 120 valence electrons. The van der Waals surface area contributed by atoms with Crippen LogP contribution in [0.3, 0.4) is 0 Å². The van der Waals surface area contributed by atoms with Crippen molar-refractivity contribution in [1.29, 1.82) is 0 Å². The van der Waals surface area contributed by atoms with E-state index in [-0.39, 0.29) is 30.0 Å². The summed E-state index contributed by atoms with van der Waals surface area (Å²) in [6, 6.07) is 0. The van der Waals surface area contributed by atoms with E-state index < -0.39 is 11.9 Å². The summed E-state index contributed by atoms with van der Waals surface area (Å²) < 4.78 is 5.03. The first-order valence-electron chi connectivity index (χ1n) is 8.22. The fourth-order valence-electron chi connectivity index (χ4n) is 3.37. The molecule has 0 N–H and O–H groups in total. The van der Waals surface area contributed by atoms with E-state index in [1.165, 1.54) is 13.3 Å². The molecule has 3 unspecified atom stereocenters. The number of ether oxygens (including phenoxy) is 1. The largest absolute Gasteiger partial charge is 0.465 e. The number of esters is 1. The van der Waals surface area contributed by atoms with Gasteiger partial charge in [-0.25, -0.2) is 0 Å². The molecule has 1 rings (SSSR count). The maximum Gasteiger partial charge on any atom is 0.316 e. The predicted molar refractivity (Wildman–Crippen MR) is 80.8 cm³/mol. The minimum Gasteiger partial charge on any atom is -0.465 e.